The van der Waals surface area contributed by atoms with Crippen LogP contribution in [0.2, 0.25) is 0 Å². The molecule has 6 heterocycles. The molecule has 4 aliphatic heterocycles. The van der Waals surface area contributed by atoms with Crippen molar-refractivity contribution < 1.29 is 73.7 Å². The van der Waals surface area contributed by atoms with Gasteiger partial charge in [0.05, 0.1) is 46.4 Å². The van der Waals surface area contributed by atoms with E-state index in [2.05, 4.69) is 52.1 Å². The molecule has 0 radical (unpaired) electrons. The molecule has 2 aromatic heterocycles. The van der Waals surface area contributed by atoms with Crippen molar-refractivity contribution in [2.24, 2.45) is 4.99 Å². The number of nitrogens with zero attached hydrogens (tertiary/aromatic N) is 5. The van der Waals surface area contributed by atoms with Gasteiger partial charge < -0.3 is 54.1 Å². The fourth-order valence-corrected chi connectivity index (χ4v) is 13.3. The van der Waals surface area contributed by atoms with Crippen molar-refractivity contribution in [3.8, 4) is 23.3 Å². The molecule has 5 atom stereocenters. The van der Waals surface area contributed by atoms with E-state index in [1.807, 2.05) is 38.1 Å². The van der Waals surface area contributed by atoms with Crippen molar-refractivity contribution in [1.82, 2.24) is 24.4 Å². The van der Waals surface area contributed by atoms with Crippen molar-refractivity contribution in [2.45, 2.75) is 89.5 Å². The van der Waals surface area contributed by atoms with Gasteiger partial charge in [-0.25, -0.2) is 31.7 Å². The second-order valence-electron chi connectivity index (χ2n) is 17.8. The van der Waals surface area contributed by atoms with E-state index < -0.39 is 75.3 Å². The highest BCUT2D eigenvalue weighted by atomic mass is 32.2. The molecule has 1 amide bonds. The van der Waals surface area contributed by atoms with Gasteiger partial charge >= 0.3 is 23.5 Å². The number of nitrogens with two attached hydrogens (primary N) is 1. The number of rotatable bonds is 16. The number of carbonyl (C=O) groups is 1. The molecule has 0 bridgehead atoms. The van der Waals surface area contributed by atoms with Crippen LogP contribution in [0.25, 0.3) is 11.0 Å². The van der Waals surface area contributed by atoms with Crippen molar-refractivity contribution >= 4 is 67.8 Å². The van der Waals surface area contributed by atoms with Crippen LogP contribution in [0.1, 0.15) is 88.1 Å². The lowest BCUT2D eigenvalue weighted by Gasteiger charge is -2.48. The summed E-state index contributed by atoms with van der Waals surface area (Å²) in [5, 5.41) is 4.61. The van der Waals surface area contributed by atoms with Crippen LogP contribution in [0.5, 0.6) is 11.5 Å². The quantitative estimate of drug-likeness (QED) is 0.0323. The monoisotopic (exact) mass is 1050 g/mol. The van der Waals surface area contributed by atoms with Gasteiger partial charge in [-0.2, -0.15) is 13.6 Å². The Morgan fingerprint density at radius 3 is 2.61 bits per heavy atom. The number of nitrogen functional groups attached to an aromatic ring is 1. The maximum atomic E-state index is 13.2. The van der Waals surface area contributed by atoms with Gasteiger partial charge in [-0.15, -0.1) is 0 Å². The van der Waals surface area contributed by atoms with Gasteiger partial charge in [-0.05, 0) is 70.6 Å². The molecule has 0 saturated carbocycles. The summed E-state index contributed by atoms with van der Waals surface area (Å²) in [5.41, 5.74) is 7.96. The molecular weight excluding hydrogens is 1000 g/mol. The van der Waals surface area contributed by atoms with Crippen molar-refractivity contribution in [1.29, 1.82) is 0 Å². The molecule has 4 aliphatic rings. The van der Waals surface area contributed by atoms with E-state index in [0.29, 0.717) is 53.2 Å². The van der Waals surface area contributed by atoms with Crippen molar-refractivity contribution in [2.75, 3.05) is 49.2 Å². The number of benzene rings is 2. The lowest BCUT2D eigenvalue weighted by Crippen LogP contribution is -2.50. The van der Waals surface area contributed by atoms with Crippen LogP contribution in [-0.2, 0) is 52.9 Å². The highest BCUT2D eigenvalue weighted by Crippen LogP contribution is 2.66. The number of phosphoric ester groups is 1. The van der Waals surface area contributed by atoms with Crippen LogP contribution in [0.4, 0.5) is 17.3 Å². The molecule has 8 rings (SSSR count). The summed E-state index contributed by atoms with van der Waals surface area (Å²) < 4.78 is 99.7. The zero-order valence-corrected chi connectivity index (χ0v) is 41.5. The molecule has 25 nitrogen and oxygen atoms in total. The molecule has 1 fully saturated rings. The van der Waals surface area contributed by atoms with Gasteiger partial charge in [0, 0.05) is 60.1 Å². The third-order valence-corrected chi connectivity index (χ3v) is 16.9. The molecule has 1 saturated heterocycles. The average molecular weight is 1050 g/mol. The zero-order valence-electron chi connectivity index (χ0n) is 38.0. The number of aryl methyl sites for hydroxylation is 1. The summed E-state index contributed by atoms with van der Waals surface area (Å²) in [4.78, 5) is 76.7. The summed E-state index contributed by atoms with van der Waals surface area (Å²) in [5.74, 6) is 5.10. The number of aromatic nitrogens is 3. The summed E-state index contributed by atoms with van der Waals surface area (Å²) in [7, 11) is -21.3. The Bertz CT molecular complexity index is 3290. The Morgan fingerprint density at radius 2 is 1.89 bits per heavy atom. The maximum Gasteiger partial charge on any atom is 0.490 e. The molecular formula is C41H51N8O17P3S. The number of aromatic amines is 1. The van der Waals surface area contributed by atoms with Gasteiger partial charge in [0.25, 0.3) is 5.56 Å². The smallest absolute Gasteiger partial charge is 0.490 e. The normalized spacial score (nSPS) is 21.2. The van der Waals surface area contributed by atoms with Crippen molar-refractivity contribution in [3.05, 3.63) is 68.2 Å². The van der Waals surface area contributed by atoms with E-state index >= 15 is 0 Å². The van der Waals surface area contributed by atoms with Gasteiger partial charge in [0.1, 0.15) is 30.4 Å². The molecule has 3 unspecified atom stereocenters. The van der Waals surface area contributed by atoms with Gasteiger partial charge in [0.15, 0.2) is 17.1 Å². The van der Waals surface area contributed by atoms with E-state index in [9.17, 15) is 46.0 Å². The van der Waals surface area contributed by atoms with Gasteiger partial charge in [0.2, 0.25) is 17.2 Å². The molecule has 378 valence electrons. The van der Waals surface area contributed by atoms with E-state index in [-0.39, 0.29) is 54.3 Å². The number of hydrogen-bond donors (Lipinski definition) is 7. The number of fused-ring (bicyclic) bond motifs is 5. The number of anilines is 2. The number of phosphoric acid groups is 3. The van der Waals surface area contributed by atoms with E-state index in [1.54, 1.807) is 0 Å². The number of hydrogen-bond acceptors (Lipinski definition) is 17. The highest BCUT2D eigenvalue weighted by Gasteiger charge is 2.42. The first-order chi connectivity index (χ1) is 32.8. The predicted octanol–water partition coefficient (Wildman–Crippen LogP) is 2.41. The van der Waals surface area contributed by atoms with Crippen LogP contribution >= 0.6 is 23.5 Å². The first-order valence-electron chi connectivity index (χ1n) is 22.1. The first-order valence-corrected chi connectivity index (χ1v) is 28.2. The Morgan fingerprint density at radius 1 is 1.11 bits per heavy atom. The third-order valence-electron chi connectivity index (χ3n) is 12.3. The Balaban J connectivity index is 0.925. The predicted molar refractivity (Wildman–Crippen MR) is 249 cm³/mol. The summed E-state index contributed by atoms with van der Waals surface area (Å²) in [6.45, 7) is 7.44. The Labute approximate surface area is 399 Å². The topological polar surface area (TPSA) is 360 Å². The minimum Gasteiger partial charge on any atom is -0.748 e. The first kappa shape index (κ1) is 51.5. The lowest BCUT2D eigenvalue weighted by atomic mass is 9.79. The number of ether oxygens (including phenoxy) is 2. The van der Waals surface area contributed by atoms with Gasteiger partial charge in [-0.1, -0.05) is 11.8 Å². The molecule has 8 N–H and O–H groups in total. The molecule has 4 aromatic rings. The van der Waals surface area contributed by atoms with E-state index in [4.69, 9.17) is 34.5 Å². The number of carbonyl (C=O) groups excluding carboxylic acids is 1. The third kappa shape index (κ3) is 11.9. The fourth-order valence-electron chi connectivity index (χ4n) is 9.44. The van der Waals surface area contributed by atoms with E-state index in [0.717, 1.165) is 31.3 Å². The minimum absolute atomic E-state index is 0.0551. The second-order valence-corrected chi connectivity index (χ2v) is 23.6. The molecule has 29 heteroatoms. The van der Waals surface area contributed by atoms with Crippen LogP contribution in [0.3, 0.4) is 0 Å². The van der Waals surface area contributed by atoms with Crippen LogP contribution in [0, 0.1) is 11.8 Å². The highest BCUT2D eigenvalue weighted by molar-refractivity contribution is 7.85. The molecule has 70 heavy (non-hydrogen) atoms. The molecule has 2 aromatic carbocycles. The van der Waals surface area contributed by atoms with Crippen LogP contribution in [0.15, 0.2) is 40.2 Å². The van der Waals surface area contributed by atoms with Gasteiger partial charge in [-0.3, -0.25) is 19.1 Å². The van der Waals surface area contributed by atoms with Crippen molar-refractivity contribution in [3.63, 3.8) is 0 Å². The zero-order chi connectivity index (χ0) is 50.6. The average Bonchev–Trinajstić information content (AvgIpc) is 3.86. The summed E-state index contributed by atoms with van der Waals surface area (Å²) >= 11 is 0. The minimum atomic E-state index is -5.72. The SMILES string of the molecule is CC[N+]1=c2cc3c(cc2CCC1)=Nc1cc2c(cc1O3)N(CCCC(=O)NCC#Cc1cn([C@H]3CC[C@@H](COP(=O)(O)OP(=O)(O)OP(=O)(O)O)O3)c3nc(N)[nH]c(=O)c13)C(C)(C)CC2CS(=O)(=O)[O-]. The largest absolute Gasteiger partial charge is 0.748 e. The van der Waals surface area contributed by atoms with Crippen LogP contribution < -0.4 is 41.5 Å². The summed E-state index contributed by atoms with van der Waals surface area (Å²) in [6.07, 6.45) is 2.93. The standard InChI is InChI=1S/C41H51N8O17P3S/c1-4-47-14-6-9-24-16-29-33(18-31(24)47)64-34-19-32-28(17-30(34)44-29)26(23-70(59,60)61)20-41(2,3)49(32)15-7-10-35(50)43-13-5-8-25-21-48(38-37(25)39(51)46-40(42)45-38)36-12-11-27(63-36)22-62-68(55,56)66-69(57,58)65-67(52,53)54/h16-19,21,26-27,36H,4,6-7,9-15,20,22-23H2,1-3H3,(H8-,42,43,45,46,50,51,52,53,54,55,56,57,58,59,60,61)/t26?,27-,36+/m0/s1. The lowest BCUT2D eigenvalue weighted by molar-refractivity contribution is -0.120. The summed E-state index contributed by atoms with van der Waals surface area (Å²) in [6, 6.07) is 7.72. The van der Waals surface area contributed by atoms with Crippen LogP contribution in [-0.4, -0.2) is 103 Å². The Kier molecular flexibility index (Phi) is 14.5. The fraction of sp³-hybridized carbons (Fsp3) is 0.488. The number of amides is 1. The maximum absolute atomic E-state index is 13.2. The molecule has 0 aliphatic carbocycles. The Hall–Kier alpha value is -4.83. The number of nitrogens with one attached hydrogen (secondary N) is 2. The number of H-pyrrole nitrogens is 1. The second kappa shape index (κ2) is 19.6. The van der Waals surface area contributed by atoms with E-state index in [1.165, 1.54) is 16.3 Å². The molecule has 0 spiro atoms.